The number of nitrogens with one attached hydrogen (secondary N) is 1. The lowest BCUT2D eigenvalue weighted by Crippen LogP contribution is -2.43. The number of hydrogen-bond donors (Lipinski definition) is 1. The van der Waals surface area contributed by atoms with E-state index in [4.69, 9.17) is 0 Å². The van der Waals surface area contributed by atoms with Crippen molar-refractivity contribution in [2.75, 3.05) is 0 Å². The lowest BCUT2D eigenvalue weighted by Gasteiger charge is -2.31. The summed E-state index contributed by atoms with van der Waals surface area (Å²) in [5.41, 5.74) is 0. The molecule has 0 aromatic heterocycles. The van der Waals surface area contributed by atoms with E-state index < -0.39 is 0 Å². The van der Waals surface area contributed by atoms with E-state index in [-0.39, 0.29) is 0 Å². The summed E-state index contributed by atoms with van der Waals surface area (Å²) in [6, 6.07) is 1.53. The van der Waals surface area contributed by atoms with Crippen LogP contribution in [0, 0.1) is 0 Å². The number of fused-ring (bicyclic) bond motifs is 2. The molecule has 0 saturated carbocycles. The van der Waals surface area contributed by atoms with Crippen LogP contribution in [-0.4, -0.2) is 12.1 Å². The summed E-state index contributed by atoms with van der Waals surface area (Å²) in [6.45, 7) is 0. The van der Waals surface area contributed by atoms with Crippen LogP contribution >= 0.6 is 0 Å². The Kier molecular flexibility index (Phi) is 1.31. The zero-order valence-corrected chi connectivity index (χ0v) is 5.64. The van der Waals surface area contributed by atoms with Gasteiger partial charge in [0.25, 0.3) is 0 Å². The van der Waals surface area contributed by atoms with Gasteiger partial charge in [-0.15, -0.1) is 0 Å². The van der Waals surface area contributed by atoms with Gasteiger partial charge in [-0.1, -0.05) is 18.6 Å². The Hall–Kier alpha value is -0.300. The summed E-state index contributed by atoms with van der Waals surface area (Å²) in [4.78, 5) is 0. The highest BCUT2D eigenvalue weighted by Gasteiger charge is 2.20. The SMILES string of the molecule is C1=CC2CCCC(C1)N2. The lowest BCUT2D eigenvalue weighted by atomic mass is 9.92. The first kappa shape index (κ1) is 5.48. The summed E-state index contributed by atoms with van der Waals surface area (Å²) in [5.74, 6) is 0. The van der Waals surface area contributed by atoms with Crippen molar-refractivity contribution < 1.29 is 0 Å². The molecule has 2 aliphatic heterocycles. The van der Waals surface area contributed by atoms with Crippen LogP contribution in [0.3, 0.4) is 0 Å². The summed E-state index contributed by atoms with van der Waals surface area (Å²) in [5, 5.41) is 3.57. The average Bonchev–Trinajstić information content (AvgIpc) is 1.88. The molecule has 0 aliphatic carbocycles. The molecule has 1 fully saturated rings. The topological polar surface area (TPSA) is 12.0 Å². The van der Waals surface area contributed by atoms with Crippen LogP contribution in [-0.2, 0) is 0 Å². The Bertz CT molecular complexity index is 129. The molecule has 0 amide bonds. The molecular formula is C8H13N. The minimum Gasteiger partial charge on any atom is -0.307 e. The molecule has 2 aliphatic rings. The predicted molar refractivity (Wildman–Crippen MR) is 38.3 cm³/mol. The maximum absolute atomic E-state index is 3.57. The second-order valence-corrected chi connectivity index (χ2v) is 3.06. The van der Waals surface area contributed by atoms with E-state index in [1.54, 1.807) is 0 Å². The quantitative estimate of drug-likeness (QED) is 0.481. The van der Waals surface area contributed by atoms with Crippen LogP contribution in [0.25, 0.3) is 0 Å². The van der Waals surface area contributed by atoms with Crippen LogP contribution in [0.5, 0.6) is 0 Å². The summed E-state index contributed by atoms with van der Waals surface area (Å²) in [7, 11) is 0. The molecule has 9 heavy (non-hydrogen) atoms. The largest absolute Gasteiger partial charge is 0.307 e. The third-order valence-corrected chi connectivity index (χ3v) is 2.31. The summed E-state index contributed by atoms with van der Waals surface area (Å²) >= 11 is 0. The first-order valence-electron chi connectivity index (χ1n) is 3.88. The van der Waals surface area contributed by atoms with Crippen molar-refractivity contribution in [1.29, 1.82) is 0 Å². The Morgan fingerprint density at radius 1 is 1.33 bits per heavy atom. The molecule has 1 heteroatoms. The predicted octanol–water partition coefficient (Wildman–Crippen LogP) is 1.46. The fraction of sp³-hybridized carbons (Fsp3) is 0.750. The van der Waals surface area contributed by atoms with Crippen molar-refractivity contribution >= 4 is 0 Å². The van der Waals surface area contributed by atoms with E-state index in [0.29, 0.717) is 0 Å². The number of piperidine rings is 1. The highest BCUT2D eigenvalue weighted by Crippen LogP contribution is 2.19. The van der Waals surface area contributed by atoms with Gasteiger partial charge in [-0.3, -0.25) is 0 Å². The van der Waals surface area contributed by atoms with Crippen LogP contribution in [0.2, 0.25) is 0 Å². The maximum Gasteiger partial charge on any atom is 0.0252 e. The second kappa shape index (κ2) is 2.14. The van der Waals surface area contributed by atoms with Crippen LogP contribution in [0.1, 0.15) is 25.7 Å². The Balaban J connectivity index is 2.09. The molecule has 1 saturated heterocycles. The fourth-order valence-corrected chi connectivity index (χ4v) is 1.80. The highest BCUT2D eigenvalue weighted by molar-refractivity contribution is 5.03. The Morgan fingerprint density at radius 2 is 2.33 bits per heavy atom. The molecule has 0 aromatic carbocycles. The van der Waals surface area contributed by atoms with Gasteiger partial charge >= 0.3 is 0 Å². The van der Waals surface area contributed by atoms with Gasteiger partial charge in [0.05, 0.1) is 0 Å². The third kappa shape index (κ3) is 1.01. The van der Waals surface area contributed by atoms with Gasteiger partial charge < -0.3 is 5.32 Å². The van der Waals surface area contributed by atoms with Gasteiger partial charge in [-0.05, 0) is 19.3 Å². The minimum atomic E-state index is 0.720. The smallest absolute Gasteiger partial charge is 0.0252 e. The molecule has 1 N–H and O–H groups in total. The molecule has 2 unspecified atom stereocenters. The van der Waals surface area contributed by atoms with E-state index in [1.807, 2.05) is 0 Å². The van der Waals surface area contributed by atoms with Gasteiger partial charge in [0, 0.05) is 12.1 Å². The molecule has 1 nitrogen and oxygen atoms in total. The van der Waals surface area contributed by atoms with Crippen molar-refractivity contribution in [3.63, 3.8) is 0 Å². The third-order valence-electron chi connectivity index (χ3n) is 2.31. The minimum absolute atomic E-state index is 0.720. The molecular weight excluding hydrogens is 110 g/mol. The fourth-order valence-electron chi connectivity index (χ4n) is 1.80. The normalized spacial score (nSPS) is 40.9. The molecule has 0 spiro atoms. The summed E-state index contributed by atoms with van der Waals surface area (Å²) in [6.07, 6.45) is 10.1. The van der Waals surface area contributed by atoms with Crippen LogP contribution in [0.15, 0.2) is 12.2 Å². The zero-order chi connectivity index (χ0) is 6.10. The zero-order valence-electron chi connectivity index (χ0n) is 5.64. The average molecular weight is 123 g/mol. The van der Waals surface area contributed by atoms with E-state index in [1.165, 1.54) is 25.7 Å². The van der Waals surface area contributed by atoms with Crippen LogP contribution < -0.4 is 5.32 Å². The van der Waals surface area contributed by atoms with Crippen molar-refractivity contribution in [2.45, 2.75) is 37.8 Å². The van der Waals surface area contributed by atoms with Crippen molar-refractivity contribution in [3.05, 3.63) is 12.2 Å². The van der Waals surface area contributed by atoms with Crippen molar-refractivity contribution in [1.82, 2.24) is 5.32 Å². The molecule has 2 rings (SSSR count). The highest BCUT2D eigenvalue weighted by atomic mass is 15.0. The first-order chi connectivity index (χ1) is 4.45. The van der Waals surface area contributed by atoms with E-state index in [2.05, 4.69) is 17.5 Å². The molecule has 0 aromatic rings. The number of hydrogen-bond acceptors (Lipinski definition) is 1. The van der Waals surface area contributed by atoms with Gasteiger partial charge in [0.15, 0.2) is 0 Å². The number of rotatable bonds is 0. The van der Waals surface area contributed by atoms with Gasteiger partial charge in [0.1, 0.15) is 0 Å². The van der Waals surface area contributed by atoms with E-state index in [9.17, 15) is 0 Å². The van der Waals surface area contributed by atoms with Gasteiger partial charge in [-0.25, -0.2) is 0 Å². The lowest BCUT2D eigenvalue weighted by molar-refractivity contribution is 0.343. The second-order valence-electron chi connectivity index (χ2n) is 3.06. The standard InChI is InChI=1S/C8H13N/c1-3-7-5-2-6-8(4-1)9-7/h1,3,7-9H,2,4-6H2. The Morgan fingerprint density at radius 3 is 3.11 bits per heavy atom. The van der Waals surface area contributed by atoms with Crippen molar-refractivity contribution in [3.8, 4) is 0 Å². The van der Waals surface area contributed by atoms with Gasteiger partial charge in [0.2, 0.25) is 0 Å². The van der Waals surface area contributed by atoms with Gasteiger partial charge in [-0.2, -0.15) is 0 Å². The van der Waals surface area contributed by atoms with Crippen molar-refractivity contribution in [2.24, 2.45) is 0 Å². The van der Waals surface area contributed by atoms with E-state index in [0.717, 1.165) is 12.1 Å². The molecule has 2 bridgehead atoms. The Labute approximate surface area is 56.1 Å². The molecule has 50 valence electrons. The molecule has 2 atom stereocenters. The molecule has 0 radical (unpaired) electrons. The molecule has 2 heterocycles. The van der Waals surface area contributed by atoms with Crippen LogP contribution in [0.4, 0.5) is 0 Å². The maximum atomic E-state index is 3.57. The van der Waals surface area contributed by atoms with E-state index >= 15 is 0 Å². The summed E-state index contributed by atoms with van der Waals surface area (Å²) < 4.78 is 0. The monoisotopic (exact) mass is 123 g/mol. The first-order valence-corrected chi connectivity index (χ1v) is 3.88.